The first kappa shape index (κ1) is 15.2. The van der Waals surface area contributed by atoms with E-state index in [0.29, 0.717) is 29.0 Å². The first-order valence-electron chi connectivity index (χ1n) is 7.54. The maximum absolute atomic E-state index is 12.7. The predicted octanol–water partition coefficient (Wildman–Crippen LogP) is 0.383. The third kappa shape index (κ3) is 2.69. The number of carboxylic acids is 1. The minimum Gasteiger partial charge on any atom is -0.550 e. The quantitative estimate of drug-likeness (QED) is 0.679. The van der Waals surface area contributed by atoms with Crippen molar-refractivity contribution in [2.24, 2.45) is 5.92 Å². The Morgan fingerprint density at radius 3 is 2.70 bits per heavy atom. The number of nitrogens with zero attached hydrogens (tertiary/aromatic N) is 4. The summed E-state index contributed by atoms with van der Waals surface area (Å²) < 4.78 is 3.37. The van der Waals surface area contributed by atoms with Gasteiger partial charge in [0.05, 0.1) is 10.9 Å². The summed E-state index contributed by atoms with van der Waals surface area (Å²) in [5.74, 6) is 0.0799. The first-order valence-corrected chi connectivity index (χ1v) is 7.54. The number of carbonyl (C=O) groups excluding carboxylic acids is 1. The van der Waals surface area contributed by atoms with Gasteiger partial charge in [-0.25, -0.2) is 0 Å². The van der Waals surface area contributed by atoms with Crippen LogP contribution < -0.4 is 10.7 Å². The van der Waals surface area contributed by atoms with Gasteiger partial charge in [-0.1, -0.05) is 26.0 Å². The van der Waals surface area contributed by atoms with Crippen LogP contribution in [0.4, 0.5) is 0 Å². The second-order valence-electron chi connectivity index (χ2n) is 5.95. The molecule has 2 heterocycles. The molecule has 0 aliphatic heterocycles. The molecule has 2 aromatic heterocycles. The largest absolute Gasteiger partial charge is 0.550 e. The summed E-state index contributed by atoms with van der Waals surface area (Å²) in [5, 5.41) is 19.5. The monoisotopic (exact) mass is 313 g/mol. The van der Waals surface area contributed by atoms with Crippen molar-refractivity contribution in [2.75, 3.05) is 0 Å². The van der Waals surface area contributed by atoms with E-state index in [9.17, 15) is 14.7 Å². The van der Waals surface area contributed by atoms with E-state index in [1.165, 1.54) is 0 Å². The molecule has 0 N–H and O–H groups in total. The minimum absolute atomic E-state index is 0.111. The molecule has 120 valence electrons. The number of carbonyl (C=O) groups is 1. The highest BCUT2D eigenvalue weighted by Crippen LogP contribution is 2.16. The molecule has 0 fully saturated rings. The zero-order valence-electron chi connectivity index (χ0n) is 13.0. The van der Waals surface area contributed by atoms with Gasteiger partial charge in [-0.05, 0) is 24.5 Å². The number of para-hydroxylation sites is 1. The molecule has 0 unspecified atom stereocenters. The van der Waals surface area contributed by atoms with Crippen molar-refractivity contribution < 1.29 is 9.90 Å². The van der Waals surface area contributed by atoms with Crippen LogP contribution in [0, 0.1) is 5.92 Å². The Kier molecular flexibility index (Phi) is 3.85. The van der Waals surface area contributed by atoms with Gasteiger partial charge in [-0.2, -0.15) is 0 Å². The SMILES string of the molecule is CC(C)Cn1c(=O)c2ccccc2n2c(CCC(=O)[O-])nnc12. The summed E-state index contributed by atoms with van der Waals surface area (Å²) in [4.78, 5) is 23.5. The van der Waals surface area contributed by atoms with Gasteiger partial charge in [-0.3, -0.25) is 13.8 Å². The van der Waals surface area contributed by atoms with Crippen LogP contribution in [0.1, 0.15) is 26.1 Å². The third-order valence-electron chi connectivity index (χ3n) is 3.68. The van der Waals surface area contributed by atoms with Crippen molar-refractivity contribution in [3.05, 3.63) is 40.4 Å². The average molecular weight is 313 g/mol. The lowest BCUT2D eigenvalue weighted by molar-refractivity contribution is -0.305. The maximum atomic E-state index is 12.7. The molecule has 0 atom stereocenters. The van der Waals surface area contributed by atoms with E-state index >= 15 is 0 Å². The Labute approximate surface area is 132 Å². The number of hydrogen-bond donors (Lipinski definition) is 0. The smallest absolute Gasteiger partial charge is 0.262 e. The summed E-state index contributed by atoms with van der Waals surface area (Å²) in [5.41, 5.74) is 0.575. The van der Waals surface area contributed by atoms with Crippen molar-refractivity contribution in [1.29, 1.82) is 0 Å². The summed E-state index contributed by atoms with van der Waals surface area (Å²) >= 11 is 0. The second-order valence-corrected chi connectivity index (χ2v) is 5.95. The Hall–Kier alpha value is -2.70. The fourth-order valence-electron chi connectivity index (χ4n) is 2.72. The zero-order valence-corrected chi connectivity index (χ0v) is 13.0. The van der Waals surface area contributed by atoms with Crippen molar-refractivity contribution in [1.82, 2.24) is 19.2 Å². The maximum Gasteiger partial charge on any atom is 0.262 e. The highest BCUT2D eigenvalue weighted by molar-refractivity contribution is 5.80. The average Bonchev–Trinajstić information content (AvgIpc) is 2.93. The second kappa shape index (κ2) is 5.83. The summed E-state index contributed by atoms with van der Waals surface area (Å²) in [6.45, 7) is 4.56. The van der Waals surface area contributed by atoms with E-state index in [4.69, 9.17) is 0 Å². The Bertz CT molecular complexity index is 940. The number of rotatable bonds is 5. The molecule has 0 aliphatic rings. The van der Waals surface area contributed by atoms with Crippen LogP contribution in [0.15, 0.2) is 29.1 Å². The molecule has 23 heavy (non-hydrogen) atoms. The molecule has 3 aromatic rings. The van der Waals surface area contributed by atoms with Gasteiger partial charge in [-0.15, -0.1) is 10.2 Å². The first-order chi connectivity index (χ1) is 11.0. The molecule has 0 aliphatic carbocycles. The van der Waals surface area contributed by atoms with E-state index in [0.717, 1.165) is 0 Å². The lowest BCUT2D eigenvalue weighted by atomic mass is 10.2. The number of aromatic nitrogens is 4. The molecule has 0 amide bonds. The predicted molar refractivity (Wildman–Crippen MR) is 82.9 cm³/mol. The number of benzene rings is 1. The number of carboxylic acid groups (broad SMARTS) is 1. The standard InChI is InChI=1S/C16H18N4O3/c1-10(2)9-19-15(23)11-5-3-4-6-12(11)20-13(7-8-14(21)22)17-18-16(19)20/h3-6,10H,7-9H2,1-2H3,(H,21,22)/p-1. The fourth-order valence-corrected chi connectivity index (χ4v) is 2.72. The minimum atomic E-state index is -1.14. The molecule has 0 spiro atoms. The molecule has 7 heteroatoms. The number of fused-ring (bicyclic) bond motifs is 3. The normalized spacial score (nSPS) is 11.6. The van der Waals surface area contributed by atoms with Gasteiger partial charge >= 0.3 is 0 Å². The van der Waals surface area contributed by atoms with E-state index in [2.05, 4.69) is 10.2 Å². The molecular weight excluding hydrogens is 296 g/mol. The molecule has 0 saturated carbocycles. The highest BCUT2D eigenvalue weighted by Gasteiger charge is 2.16. The topological polar surface area (TPSA) is 92.3 Å². The van der Waals surface area contributed by atoms with E-state index in [1.54, 1.807) is 21.1 Å². The lowest BCUT2D eigenvalue weighted by Gasteiger charge is -2.13. The summed E-state index contributed by atoms with van der Waals surface area (Å²) in [6, 6.07) is 7.21. The van der Waals surface area contributed by atoms with Crippen molar-refractivity contribution in [2.45, 2.75) is 33.2 Å². The van der Waals surface area contributed by atoms with Crippen molar-refractivity contribution in [3.63, 3.8) is 0 Å². The van der Waals surface area contributed by atoms with E-state index in [1.807, 2.05) is 26.0 Å². The number of aliphatic carboxylic acids is 1. The van der Waals surface area contributed by atoms with Gasteiger partial charge in [0.25, 0.3) is 5.56 Å². The van der Waals surface area contributed by atoms with Crippen LogP contribution in [-0.4, -0.2) is 25.1 Å². The van der Waals surface area contributed by atoms with E-state index in [-0.39, 0.29) is 24.3 Å². The van der Waals surface area contributed by atoms with Gasteiger partial charge < -0.3 is 9.90 Å². The van der Waals surface area contributed by atoms with Crippen LogP contribution in [0.25, 0.3) is 16.7 Å². The Balaban J connectivity index is 2.32. The van der Waals surface area contributed by atoms with Gasteiger partial charge in [0.1, 0.15) is 5.82 Å². The van der Waals surface area contributed by atoms with Crippen LogP contribution >= 0.6 is 0 Å². The lowest BCUT2D eigenvalue weighted by Crippen LogP contribution is -2.26. The fraction of sp³-hybridized carbons (Fsp3) is 0.375. The molecule has 3 rings (SSSR count). The third-order valence-corrected chi connectivity index (χ3v) is 3.68. The number of hydrogen-bond acceptors (Lipinski definition) is 5. The number of aryl methyl sites for hydroxylation is 1. The molecular formula is C16H17N4O3-. The van der Waals surface area contributed by atoms with Crippen LogP contribution in [0.3, 0.4) is 0 Å². The Morgan fingerprint density at radius 1 is 1.26 bits per heavy atom. The van der Waals surface area contributed by atoms with Crippen LogP contribution in [-0.2, 0) is 17.8 Å². The summed E-state index contributed by atoms with van der Waals surface area (Å²) in [6.07, 6.45) is 0.0613. The molecule has 0 radical (unpaired) electrons. The zero-order chi connectivity index (χ0) is 16.6. The van der Waals surface area contributed by atoms with E-state index < -0.39 is 5.97 Å². The molecule has 0 bridgehead atoms. The summed E-state index contributed by atoms with van der Waals surface area (Å²) in [7, 11) is 0. The van der Waals surface area contributed by atoms with Gasteiger partial charge in [0, 0.05) is 18.9 Å². The van der Waals surface area contributed by atoms with Crippen LogP contribution in [0.5, 0.6) is 0 Å². The van der Waals surface area contributed by atoms with Crippen molar-refractivity contribution in [3.8, 4) is 0 Å². The van der Waals surface area contributed by atoms with Gasteiger partial charge in [0.15, 0.2) is 0 Å². The Morgan fingerprint density at radius 2 is 2.00 bits per heavy atom. The van der Waals surface area contributed by atoms with Gasteiger partial charge in [0.2, 0.25) is 5.78 Å². The van der Waals surface area contributed by atoms with Crippen LogP contribution in [0.2, 0.25) is 0 Å². The molecule has 1 aromatic carbocycles. The van der Waals surface area contributed by atoms with Crippen molar-refractivity contribution >= 4 is 22.6 Å². The molecule has 0 saturated heterocycles. The molecule has 7 nitrogen and oxygen atoms in total. The highest BCUT2D eigenvalue weighted by atomic mass is 16.4.